The van der Waals surface area contributed by atoms with Crippen molar-refractivity contribution in [3.8, 4) is 0 Å². The summed E-state index contributed by atoms with van der Waals surface area (Å²) in [7, 11) is -3.67. The molecule has 2 aromatic rings. The first-order chi connectivity index (χ1) is 18.7. The molecule has 1 saturated heterocycles. The van der Waals surface area contributed by atoms with Gasteiger partial charge in [-0.05, 0) is 30.2 Å². The largest absolute Gasteiger partial charge is 1.00 e. The second-order valence-corrected chi connectivity index (χ2v) is 12.7. The minimum Gasteiger partial charge on any atom is -0.543 e. The van der Waals surface area contributed by atoms with Crippen molar-refractivity contribution in [3.63, 3.8) is 0 Å². The zero-order valence-corrected chi connectivity index (χ0v) is 26.4. The van der Waals surface area contributed by atoms with Crippen LogP contribution in [0.15, 0.2) is 46.8 Å². The van der Waals surface area contributed by atoms with Crippen LogP contribution in [0.4, 0.5) is 0 Å². The molecule has 2 amide bonds. The van der Waals surface area contributed by atoms with E-state index in [9.17, 15) is 29.2 Å². The van der Waals surface area contributed by atoms with Crippen molar-refractivity contribution in [2.24, 2.45) is 0 Å². The molecule has 40 heavy (non-hydrogen) atoms. The fourth-order valence-corrected chi connectivity index (χ4v) is 9.03. The maximum Gasteiger partial charge on any atom is 1.00 e. The Hall–Kier alpha value is -1.75. The summed E-state index contributed by atoms with van der Waals surface area (Å²) in [4.78, 5) is 39.2. The van der Waals surface area contributed by atoms with E-state index in [1.54, 1.807) is 44.2 Å². The molecular weight excluding hydrogens is 594 g/mol. The van der Waals surface area contributed by atoms with Crippen molar-refractivity contribution < 1.29 is 67.8 Å². The topological polar surface area (TPSA) is 200 Å². The van der Waals surface area contributed by atoms with Crippen LogP contribution in [0.25, 0.3) is 0 Å². The Bertz CT molecular complexity index is 1280. The van der Waals surface area contributed by atoms with Gasteiger partial charge in [-0.25, -0.2) is 0 Å². The molecule has 2 aliphatic rings. The minimum atomic E-state index is -3.67. The van der Waals surface area contributed by atoms with Gasteiger partial charge in [-0.2, -0.15) is 5.21 Å². The number of aliphatic hydroxyl groups excluding tert-OH is 1. The summed E-state index contributed by atoms with van der Waals surface area (Å²) in [6, 6.07) is 7.15. The fraction of sp³-hybridized carbons (Fsp3) is 0.455. The van der Waals surface area contributed by atoms with Crippen molar-refractivity contribution in [2.75, 3.05) is 25.1 Å². The maximum absolute atomic E-state index is 13.4. The molecule has 1 unspecified atom stereocenters. The van der Waals surface area contributed by atoms with Gasteiger partial charge >= 0.3 is 37.2 Å². The number of aliphatic hydroxyl groups is 1. The van der Waals surface area contributed by atoms with Crippen LogP contribution in [0.5, 0.6) is 0 Å². The van der Waals surface area contributed by atoms with Gasteiger partial charge in [-0.3, -0.25) is 19.1 Å². The number of rotatable bonds is 13. The van der Waals surface area contributed by atoms with Crippen molar-refractivity contribution in [3.05, 3.63) is 47.2 Å². The molecule has 4 rings (SSSR count). The molecule has 0 radical (unpaired) electrons. The van der Waals surface area contributed by atoms with Gasteiger partial charge in [-0.1, -0.05) is 42.1 Å². The summed E-state index contributed by atoms with van der Waals surface area (Å²) < 4.78 is 24.2. The number of nitrogens with one attached hydrogen (secondary N) is 2. The Balaban J connectivity index is 0.00000441. The first-order valence-corrected chi connectivity index (χ1v) is 15.5. The van der Waals surface area contributed by atoms with E-state index in [2.05, 4.69) is 25.9 Å². The number of thioether (sulfide) groups is 2. The Labute approximate surface area is 260 Å². The number of hydrogen-bond acceptors (Lipinski definition) is 13. The predicted molar refractivity (Wildman–Crippen MR) is 138 cm³/mol. The summed E-state index contributed by atoms with van der Waals surface area (Å²) in [5.74, 6) is -2.98. The Morgan fingerprint density at radius 2 is 1.98 bits per heavy atom. The van der Waals surface area contributed by atoms with Gasteiger partial charge in [0.15, 0.2) is 6.10 Å². The number of carboxylic acids is 1. The molecule has 3 heterocycles. The second-order valence-electron chi connectivity index (χ2n) is 8.30. The number of nitrogens with zero attached hydrogens (tertiary/aromatic N) is 4. The van der Waals surface area contributed by atoms with Gasteiger partial charge in [-0.15, -0.1) is 22.0 Å². The third-order valence-electron chi connectivity index (χ3n) is 5.86. The molecule has 18 heteroatoms. The number of carbonyl (C=O) groups is 3. The first-order valence-electron chi connectivity index (χ1n) is 11.9. The molecule has 2 aliphatic heterocycles. The zero-order chi connectivity index (χ0) is 28.2. The van der Waals surface area contributed by atoms with Crippen LogP contribution < -0.4 is 40.0 Å². The van der Waals surface area contributed by atoms with Gasteiger partial charge in [0, 0.05) is 11.0 Å². The van der Waals surface area contributed by atoms with E-state index in [4.69, 9.17) is 9.05 Å². The molecule has 1 aromatic carbocycles. The van der Waals surface area contributed by atoms with E-state index in [1.807, 2.05) is 0 Å². The SMILES string of the molecule is CCOP(=O)(CC(Sc1nn[nH]n1)C1=C(C(=O)[O-])N2C(=O)[C@@H](NC(=O)[C@H](O)c3ccccc3)[C@H]2SC1)OCC.[Na+]. The predicted octanol–water partition coefficient (Wildman–Crippen LogP) is -2.93. The van der Waals surface area contributed by atoms with Crippen LogP contribution in [-0.4, -0.2) is 90.2 Å². The summed E-state index contributed by atoms with van der Waals surface area (Å²) >= 11 is 2.20. The third kappa shape index (κ3) is 7.17. The van der Waals surface area contributed by atoms with E-state index in [0.29, 0.717) is 5.56 Å². The van der Waals surface area contributed by atoms with Crippen LogP contribution >= 0.6 is 31.1 Å². The van der Waals surface area contributed by atoms with Crippen LogP contribution in [0, 0.1) is 0 Å². The number of hydrogen-bond donors (Lipinski definition) is 3. The van der Waals surface area contributed by atoms with Gasteiger partial charge in [0.2, 0.25) is 5.16 Å². The smallest absolute Gasteiger partial charge is 0.543 e. The molecule has 3 N–H and O–H groups in total. The standard InChI is InChI=1S/C22H27N6O8PS2.Na/c1-3-35-37(34,36-4-2)10-14(39-22-24-26-27-25-22)13-11-38-20-15(19(31)28(20)16(13)21(32)33)23-18(30)17(29)12-8-6-5-7-9-12;/h5-9,14-15,17,20,29H,3-4,10-11H2,1-2H3,(H,23,30)(H,32,33)(H,24,25,26,27);/q;+1/p-1/t14?,15-,17-,20-;/m1./s1. The fourth-order valence-electron chi connectivity index (χ4n) is 4.18. The quantitative estimate of drug-likeness (QED) is 0.0891. The van der Waals surface area contributed by atoms with Crippen LogP contribution in [-0.2, 0) is 28.0 Å². The first kappa shape index (κ1) is 32.8. The summed E-state index contributed by atoms with van der Waals surface area (Å²) in [5, 5.41) is 37.4. The van der Waals surface area contributed by atoms with Gasteiger partial charge < -0.3 is 29.4 Å². The molecule has 14 nitrogen and oxygen atoms in total. The number of carbonyl (C=O) groups excluding carboxylic acids is 3. The Morgan fingerprint density at radius 1 is 1.30 bits per heavy atom. The number of aliphatic carboxylic acids is 1. The van der Waals surface area contributed by atoms with E-state index < -0.39 is 53.8 Å². The average Bonchev–Trinajstić information content (AvgIpc) is 3.43. The monoisotopic (exact) mass is 620 g/mol. The van der Waals surface area contributed by atoms with E-state index in [-0.39, 0.29) is 65.4 Å². The molecule has 1 aromatic heterocycles. The van der Waals surface area contributed by atoms with Crippen molar-refractivity contribution in [1.82, 2.24) is 30.8 Å². The van der Waals surface area contributed by atoms with Crippen LogP contribution in [0.1, 0.15) is 25.5 Å². The molecule has 4 atom stereocenters. The molecule has 0 spiro atoms. The normalized spacial score (nSPS) is 20.2. The van der Waals surface area contributed by atoms with Crippen LogP contribution in [0.3, 0.4) is 0 Å². The van der Waals surface area contributed by atoms with Crippen molar-refractivity contribution in [2.45, 2.75) is 41.8 Å². The number of amides is 2. The van der Waals surface area contributed by atoms with Gasteiger partial charge in [0.1, 0.15) is 11.4 Å². The number of H-pyrrole nitrogens is 1. The summed E-state index contributed by atoms with van der Waals surface area (Å²) in [6.07, 6.45) is -1.73. The molecule has 210 valence electrons. The second kappa shape index (κ2) is 14.4. The van der Waals surface area contributed by atoms with Crippen LogP contribution in [0.2, 0.25) is 0 Å². The van der Waals surface area contributed by atoms with E-state index in [1.165, 1.54) is 11.8 Å². The summed E-state index contributed by atoms with van der Waals surface area (Å²) in [6.45, 7) is 3.51. The number of aromatic nitrogens is 4. The number of β-lactam (4-membered cyclic amide) rings is 1. The number of carboxylic acid groups (broad SMARTS) is 1. The molecule has 1 fully saturated rings. The van der Waals surface area contributed by atoms with E-state index in [0.717, 1.165) is 16.7 Å². The Kier molecular flexibility index (Phi) is 11.8. The number of tetrazole rings is 1. The molecule has 0 saturated carbocycles. The Morgan fingerprint density at radius 3 is 2.55 bits per heavy atom. The molecule has 0 aliphatic carbocycles. The summed E-state index contributed by atoms with van der Waals surface area (Å²) in [5.41, 5.74) is 0.202. The molecular formula is C22H26N6NaO8PS2. The zero-order valence-electron chi connectivity index (χ0n) is 21.9. The maximum atomic E-state index is 13.4. The number of benzene rings is 1. The van der Waals surface area contributed by atoms with E-state index >= 15 is 0 Å². The van der Waals surface area contributed by atoms with Crippen molar-refractivity contribution in [1.29, 1.82) is 0 Å². The number of aromatic amines is 1. The number of fused-ring (bicyclic) bond motifs is 1. The minimum absolute atomic E-state index is 0. The average molecular weight is 621 g/mol. The third-order valence-corrected chi connectivity index (χ3v) is 10.6. The van der Waals surface area contributed by atoms with Gasteiger partial charge in [0.05, 0.1) is 31.0 Å². The van der Waals surface area contributed by atoms with Crippen molar-refractivity contribution >= 4 is 48.9 Å². The molecule has 0 bridgehead atoms. The van der Waals surface area contributed by atoms with Gasteiger partial charge in [0.25, 0.3) is 11.8 Å².